The number of rotatable bonds is 13. The Hall–Kier alpha value is -3.81. The van der Waals surface area contributed by atoms with Crippen LogP contribution < -0.4 is 24.3 Å². The number of para-hydroxylation sites is 2. The third-order valence-corrected chi connectivity index (χ3v) is 6.19. The van der Waals surface area contributed by atoms with Crippen molar-refractivity contribution in [1.82, 2.24) is 10.2 Å². The molecule has 0 radical (unpaired) electrons. The standard InChI is InChI=1S/C26H27ClN4O5S/c1-4-5-10-23-30-31-26(37-23)29-25(32)18(16-28)13-17-14-19(27)24(22(15-17)34-3)36-12-11-35-21-9-7-6-8-20(21)33-2/h6-9,13-15H,4-5,10-12H2,1-3H3,(H,29,31,32)/b18-13-. The van der Waals surface area contributed by atoms with Crippen molar-refractivity contribution < 1.29 is 23.7 Å². The Bertz CT molecular complexity index is 1290. The molecular weight excluding hydrogens is 516 g/mol. The van der Waals surface area contributed by atoms with Crippen LogP contribution in [0.15, 0.2) is 42.0 Å². The number of hydrogen-bond donors (Lipinski definition) is 1. The van der Waals surface area contributed by atoms with Crippen LogP contribution in [0.4, 0.5) is 5.13 Å². The number of unbranched alkanes of at least 4 members (excludes halogenated alkanes) is 1. The highest BCUT2D eigenvalue weighted by Gasteiger charge is 2.16. The number of ether oxygens (including phenoxy) is 4. The van der Waals surface area contributed by atoms with Gasteiger partial charge in [-0.05, 0) is 42.3 Å². The fraction of sp³-hybridized carbons (Fsp3) is 0.308. The van der Waals surface area contributed by atoms with Crippen LogP contribution in [-0.2, 0) is 11.2 Å². The van der Waals surface area contributed by atoms with Gasteiger partial charge in [-0.1, -0.05) is 48.4 Å². The third kappa shape index (κ3) is 7.84. The summed E-state index contributed by atoms with van der Waals surface area (Å²) in [6, 6.07) is 12.4. The van der Waals surface area contributed by atoms with E-state index in [1.54, 1.807) is 31.4 Å². The lowest BCUT2D eigenvalue weighted by atomic mass is 10.1. The van der Waals surface area contributed by atoms with Gasteiger partial charge in [-0.25, -0.2) is 0 Å². The summed E-state index contributed by atoms with van der Waals surface area (Å²) in [5.41, 5.74) is 0.370. The zero-order valence-electron chi connectivity index (χ0n) is 20.7. The SMILES string of the molecule is CCCCc1nnc(NC(=O)/C(C#N)=C\c2cc(Cl)c(OCCOc3ccccc3OC)c(OC)c2)s1. The maximum atomic E-state index is 12.6. The molecule has 2 aromatic carbocycles. The molecule has 0 aliphatic heterocycles. The van der Waals surface area contributed by atoms with E-state index >= 15 is 0 Å². The Morgan fingerprint density at radius 3 is 2.54 bits per heavy atom. The van der Waals surface area contributed by atoms with E-state index in [1.807, 2.05) is 18.2 Å². The Morgan fingerprint density at radius 1 is 1.11 bits per heavy atom. The van der Waals surface area contributed by atoms with Crippen LogP contribution in [-0.4, -0.2) is 43.5 Å². The lowest BCUT2D eigenvalue weighted by Crippen LogP contribution is -2.13. The van der Waals surface area contributed by atoms with E-state index in [0.717, 1.165) is 24.3 Å². The number of anilines is 1. The van der Waals surface area contributed by atoms with Gasteiger partial charge < -0.3 is 18.9 Å². The quantitative estimate of drug-likeness (QED) is 0.170. The second-order valence-electron chi connectivity index (χ2n) is 7.61. The van der Waals surface area contributed by atoms with Gasteiger partial charge in [0.1, 0.15) is 29.9 Å². The number of nitriles is 1. The fourth-order valence-corrected chi connectivity index (χ4v) is 4.26. The molecule has 0 saturated carbocycles. The Kier molecular flexibility index (Phi) is 10.6. The molecule has 1 amide bonds. The van der Waals surface area contributed by atoms with E-state index in [2.05, 4.69) is 22.4 Å². The highest BCUT2D eigenvalue weighted by Crippen LogP contribution is 2.37. The summed E-state index contributed by atoms with van der Waals surface area (Å²) in [5, 5.41) is 21.7. The first-order valence-electron chi connectivity index (χ1n) is 11.5. The number of hydrogen-bond acceptors (Lipinski definition) is 9. The van der Waals surface area contributed by atoms with E-state index in [1.165, 1.54) is 24.5 Å². The first-order chi connectivity index (χ1) is 18.0. The lowest BCUT2D eigenvalue weighted by molar-refractivity contribution is -0.112. The van der Waals surface area contributed by atoms with Crippen molar-refractivity contribution in [3.8, 4) is 29.1 Å². The average Bonchev–Trinajstić information content (AvgIpc) is 3.36. The average molecular weight is 543 g/mol. The molecule has 1 aromatic heterocycles. The highest BCUT2D eigenvalue weighted by atomic mass is 35.5. The van der Waals surface area contributed by atoms with Gasteiger partial charge in [-0.3, -0.25) is 10.1 Å². The van der Waals surface area contributed by atoms with Crippen LogP contribution >= 0.6 is 22.9 Å². The van der Waals surface area contributed by atoms with E-state index in [4.69, 9.17) is 30.5 Å². The summed E-state index contributed by atoms with van der Waals surface area (Å²) < 4.78 is 22.2. The Balaban J connectivity index is 1.66. The molecule has 1 heterocycles. The predicted octanol–water partition coefficient (Wildman–Crippen LogP) is 5.55. The molecule has 0 unspecified atom stereocenters. The number of nitrogens with zero attached hydrogens (tertiary/aromatic N) is 3. The van der Waals surface area contributed by atoms with Crippen molar-refractivity contribution in [3.63, 3.8) is 0 Å². The van der Waals surface area contributed by atoms with Crippen LogP contribution in [0.25, 0.3) is 6.08 Å². The highest BCUT2D eigenvalue weighted by molar-refractivity contribution is 7.15. The minimum absolute atomic E-state index is 0.123. The Labute approximate surface area is 224 Å². The number of aromatic nitrogens is 2. The van der Waals surface area contributed by atoms with Crippen molar-refractivity contribution in [2.75, 3.05) is 32.8 Å². The normalized spacial score (nSPS) is 10.9. The number of halogens is 1. The van der Waals surface area contributed by atoms with E-state index in [-0.39, 0.29) is 23.8 Å². The van der Waals surface area contributed by atoms with Gasteiger partial charge in [0.25, 0.3) is 5.91 Å². The molecular formula is C26H27ClN4O5S. The molecule has 9 nitrogen and oxygen atoms in total. The van der Waals surface area contributed by atoms with Crippen LogP contribution in [0.2, 0.25) is 5.02 Å². The number of nitrogens with one attached hydrogen (secondary N) is 1. The van der Waals surface area contributed by atoms with Crippen LogP contribution in [0.1, 0.15) is 30.3 Å². The van der Waals surface area contributed by atoms with Crippen molar-refractivity contribution in [2.45, 2.75) is 26.2 Å². The van der Waals surface area contributed by atoms with Crippen LogP contribution in [0.5, 0.6) is 23.0 Å². The second-order valence-corrected chi connectivity index (χ2v) is 9.08. The number of amides is 1. The van der Waals surface area contributed by atoms with Crippen molar-refractivity contribution >= 4 is 40.1 Å². The zero-order chi connectivity index (χ0) is 26.6. The first-order valence-corrected chi connectivity index (χ1v) is 12.7. The molecule has 0 saturated heterocycles. The lowest BCUT2D eigenvalue weighted by Gasteiger charge is -2.14. The summed E-state index contributed by atoms with van der Waals surface area (Å²) in [4.78, 5) is 12.6. The number of aryl methyl sites for hydroxylation is 1. The minimum Gasteiger partial charge on any atom is -0.493 e. The molecule has 3 aromatic rings. The summed E-state index contributed by atoms with van der Waals surface area (Å²) in [7, 11) is 3.04. The fourth-order valence-electron chi connectivity index (χ4n) is 3.21. The van der Waals surface area contributed by atoms with Crippen molar-refractivity contribution in [3.05, 3.63) is 57.6 Å². The van der Waals surface area contributed by atoms with Gasteiger partial charge in [0.05, 0.1) is 19.2 Å². The van der Waals surface area contributed by atoms with Crippen LogP contribution in [0, 0.1) is 11.3 Å². The third-order valence-electron chi connectivity index (χ3n) is 5.02. The molecule has 0 spiro atoms. The maximum Gasteiger partial charge on any atom is 0.268 e. The monoisotopic (exact) mass is 542 g/mol. The van der Waals surface area contributed by atoms with E-state index in [9.17, 15) is 10.1 Å². The molecule has 0 fully saturated rings. The summed E-state index contributed by atoms with van der Waals surface area (Å²) in [5.74, 6) is 1.29. The van der Waals surface area contributed by atoms with Crippen molar-refractivity contribution in [2.24, 2.45) is 0 Å². The van der Waals surface area contributed by atoms with Gasteiger partial charge in [0.15, 0.2) is 23.0 Å². The molecule has 0 aliphatic carbocycles. The number of benzene rings is 2. The van der Waals surface area contributed by atoms with Gasteiger partial charge in [0, 0.05) is 6.42 Å². The molecule has 1 N–H and O–H groups in total. The van der Waals surface area contributed by atoms with Gasteiger partial charge in [-0.15, -0.1) is 10.2 Å². The molecule has 0 atom stereocenters. The van der Waals surface area contributed by atoms with E-state index < -0.39 is 5.91 Å². The predicted molar refractivity (Wildman–Crippen MR) is 143 cm³/mol. The summed E-state index contributed by atoms with van der Waals surface area (Å²) in [6.45, 7) is 2.52. The van der Waals surface area contributed by atoms with Gasteiger partial charge in [0.2, 0.25) is 5.13 Å². The van der Waals surface area contributed by atoms with E-state index in [0.29, 0.717) is 33.7 Å². The molecule has 0 bridgehead atoms. The molecule has 0 aliphatic rings. The van der Waals surface area contributed by atoms with Crippen molar-refractivity contribution in [1.29, 1.82) is 5.26 Å². The number of carbonyl (C=O) groups excluding carboxylic acids is 1. The smallest absolute Gasteiger partial charge is 0.268 e. The van der Waals surface area contributed by atoms with Gasteiger partial charge in [-0.2, -0.15) is 5.26 Å². The second kappa shape index (κ2) is 14.1. The molecule has 3 rings (SSSR count). The Morgan fingerprint density at radius 2 is 1.84 bits per heavy atom. The van der Waals surface area contributed by atoms with Gasteiger partial charge >= 0.3 is 0 Å². The zero-order valence-corrected chi connectivity index (χ0v) is 22.3. The van der Waals surface area contributed by atoms with Crippen LogP contribution in [0.3, 0.4) is 0 Å². The maximum absolute atomic E-state index is 12.6. The number of methoxy groups -OCH3 is 2. The largest absolute Gasteiger partial charge is 0.493 e. The topological polar surface area (TPSA) is 116 Å². The first kappa shape index (κ1) is 27.8. The summed E-state index contributed by atoms with van der Waals surface area (Å²) >= 11 is 7.73. The number of carbonyl (C=O) groups is 1. The minimum atomic E-state index is -0.593. The molecule has 194 valence electrons. The molecule has 37 heavy (non-hydrogen) atoms. The molecule has 11 heteroatoms. The summed E-state index contributed by atoms with van der Waals surface area (Å²) in [6.07, 6.45) is 4.24.